The summed E-state index contributed by atoms with van der Waals surface area (Å²) in [7, 11) is 0. The number of rotatable bonds is 2. The molecule has 1 saturated carbocycles. The van der Waals surface area contributed by atoms with E-state index in [-0.39, 0.29) is 25.5 Å². The van der Waals surface area contributed by atoms with Crippen LogP contribution >= 0.6 is 0 Å². The van der Waals surface area contributed by atoms with Crippen LogP contribution in [0, 0.1) is 5.41 Å². The fraction of sp³-hybridized carbons (Fsp3) is 0.769. The van der Waals surface area contributed by atoms with E-state index in [0.717, 1.165) is 38.5 Å². The van der Waals surface area contributed by atoms with Gasteiger partial charge in [-0.3, -0.25) is 19.7 Å². The highest BCUT2D eigenvalue weighted by atomic mass is 16.2. The Kier molecular flexibility index (Phi) is 4.19. The molecule has 0 atom stereocenters. The fourth-order valence-electron chi connectivity index (χ4n) is 3.03. The zero-order valence-corrected chi connectivity index (χ0v) is 11.1. The summed E-state index contributed by atoms with van der Waals surface area (Å²) in [6.07, 6.45) is 5.72. The Morgan fingerprint density at radius 1 is 1.11 bits per heavy atom. The highest BCUT2D eigenvalue weighted by Crippen LogP contribution is 2.36. The van der Waals surface area contributed by atoms with Gasteiger partial charge in [-0.2, -0.15) is 0 Å². The van der Waals surface area contributed by atoms with Crippen LogP contribution in [0.25, 0.3) is 0 Å². The lowest BCUT2D eigenvalue weighted by atomic mass is 9.79. The third-order valence-corrected chi connectivity index (χ3v) is 4.14. The maximum absolute atomic E-state index is 12.7. The Labute approximate surface area is 112 Å². The molecule has 1 aliphatic carbocycles. The summed E-state index contributed by atoms with van der Waals surface area (Å²) in [5.41, 5.74) is 5.28. The number of piperazine rings is 1. The molecule has 6 nitrogen and oxygen atoms in total. The lowest BCUT2D eigenvalue weighted by Crippen LogP contribution is -2.58. The first-order valence-electron chi connectivity index (χ1n) is 6.89. The molecular formula is C13H21N3O3. The van der Waals surface area contributed by atoms with E-state index in [0.29, 0.717) is 0 Å². The number of carbonyl (C=O) groups is 3. The van der Waals surface area contributed by atoms with Crippen LogP contribution in [0.2, 0.25) is 0 Å². The van der Waals surface area contributed by atoms with Gasteiger partial charge in [-0.15, -0.1) is 0 Å². The van der Waals surface area contributed by atoms with Crippen molar-refractivity contribution in [3.63, 3.8) is 0 Å². The second kappa shape index (κ2) is 5.69. The Morgan fingerprint density at radius 3 is 2.11 bits per heavy atom. The molecule has 2 rings (SSSR count). The zero-order chi connectivity index (χ0) is 13.9. The van der Waals surface area contributed by atoms with Crippen molar-refractivity contribution < 1.29 is 14.4 Å². The Balaban J connectivity index is 2.15. The fourth-order valence-corrected chi connectivity index (χ4v) is 3.03. The van der Waals surface area contributed by atoms with Crippen molar-refractivity contribution in [2.45, 2.75) is 38.5 Å². The van der Waals surface area contributed by atoms with Gasteiger partial charge in [-0.25, -0.2) is 0 Å². The van der Waals surface area contributed by atoms with Gasteiger partial charge >= 0.3 is 0 Å². The number of nitrogens with one attached hydrogen (secondary N) is 1. The van der Waals surface area contributed by atoms with Gasteiger partial charge in [0.25, 0.3) is 0 Å². The smallest absolute Gasteiger partial charge is 0.246 e. The summed E-state index contributed by atoms with van der Waals surface area (Å²) in [5.74, 6) is -0.948. The molecule has 2 aliphatic rings. The van der Waals surface area contributed by atoms with Crippen LogP contribution in [0.4, 0.5) is 0 Å². The van der Waals surface area contributed by atoms with Crippen molar-refractivity contribution in [2.24, 2.45) is 11.1 Å². The first-order chi connectivity index (χ1) is 9.07. The number of amides is 3. The molecular weight excluding hydrogens is 246 g/mol. The largest absolute Gasteiger partial charge is 0.329 e. The van der Waals surface area contributed by atoms with Gasteiger partial charge in [0, 0.05) is 6.54 Å². The van der Waals surface area contributed by atoms with E-state index in [1.807, 2.05) is 0 Å². The van der Waals surface area contributed by atoms with Crippen molar-refractivity contribution >= 4 is 17.7 Å². The summed E-state index contributed by atoms with van der Waals surface area (Å²) in [4.78, 5) is 36.8. The SMILES string of the molecule is NCC1(C(=O)N2CC(=O)NC(=O)C2)CCCCCC1. The van der Waals surface area contributed by atoms with Gasteiger partial charge in [0.05, 0.1) is 5.41 Å². The zero-order valence-electron chi connectivity index (χ0n) is 11.1. The summed E-state index contributed by atoms with van der Waals surface area (Å²) in [5, 5.41) is 2.21. The molecule has 19 heavy (non-hydrogen) atoms. The second-order valence-electron chi connectivity index (χ2n) is 5.53. The molecule has 0 aromatic rings. The topological polar surface area (TPSA) is 92.5 Å². The summed E-state index contributed by atoms with van der Waals surface area (Å²) >= 11 is 0. The number of hydrogen-bond donors (Lipinski definition) is 2. The normalized spacial score (nSPS) is 23.7. The minimum absolute atomic E-state index is 0.0354. The van der Waals surface area contributed by atoms with Crippen LogP contribution in [0.5, 0.6) is 0 Å². The van der Waals surface area contributed by atoms with E-state index in [9.17, 15) is 14.4 Å². The molecule has 0 unspecified atom stereocenters. The Hall–Kier alpha value is -1.43. The predicted molar refractivity (Wildman–Crippen MR) is 68.9 cm³/mol. The number of carbonyl (C=O) groups excluding carboxylic acids is 3. The van der Waals surface area contributed by atoms with E-state index >= 15 is 0 Å². The van der Waals surface area contributed by atoms with Gasteiger partial charge in [-0.05, 0) is 12.8 Å². The molecule has 0 spiro atoms. The van der Waals surface area contributed by atoms with Crippen LogP contribution in [0.3, 0.4) is 0 Å². The molecule has 1 heterocycles. The van der Waals surface area contributed by atoms with Gasteiger partial charge < -0.3 is 10.6 Å². The summed E-state index contributed by atoms with van der Waals surface area (Å²) in [6.45, 7) is 0.219. The van der Waals surface area contributed by atoms with E-state index in [1.165, 1.54) is 4.90 Å². The minimum atomic E-state index is -0.575. The predicted octanol–water partition coefficient (Wildman–Crippen LogP) is -0.229. The lowest BCUT2D eigenvalue weighted by Gasteiger charge is -2.36. The monoisotopic (exact) mass is 267 g/mol. The van der Waals surface area contributed by atoms with E-state index in [2.05, 4.69) is 5.32 Å². The molecule has 0 radical (unpaired) electrons. The molecule has 3 N–H and O–H groups in total. The Morgan fingerprint density at radius 2 is 1.63 bits per heavy atom. The minimum Gasteiger partial charge on any atom is -0.329 e. The van der Waals surface area contributed by atoms with Crippen LogP contribution in [0.1, 0.15) is 38.5 Å². The quantitative estimate of drug-likeness (QED) is 0.534. The number of nitrogens with zero attached hydrogens (tertiary/aromatic N) is 1. The van der Waals surface area contributed by atoms with Crippen molar-refractivity contribution in [1.29, 1.82) is 0 Å². The summed E-state index contributed by atoms with van der Waals surface area (Å²) in [6, 6.07) is 0. The number of nitrogens with two attached hydrogens (primary N) is 1. The highest BCUT2D eigenvalue weighted by Gasteiger charge is 2.42. The standard InChI is InChI=1S/C13H21N3O3/c14-9-13(5-3-1-2-4-6-13)12(19)16-7-10(17)15-11(18)8-16/h1-9,14H2,(H,15,17,18). The second-order valence-corrected chi connectivity index (χ2v) is 5.53. The molecule has 6 heteroatoms. The van der Waals surface area contributed by atoms with Crippen LogP contribution in [0.15, 0.2) is 0 Å². The number of imide groups is 1. The third kappa shape index (κ3) is 2.94. The molecule has 0 bridgehead atoms. The Bertz CT molecular complexity index is 371. The molecule has 3 amide bonds. The molecule has 0 aromatic heterocycles. The average Bonchev–Trinajstić information content (AvgIpc) is 2.63. The molecule has 2 fully saturated rings. The van der Waals surface area contributed by atoms with E-state index in [1.54, 1.807) is 0 Å². The lowest BCUT2D eigenvalue weighted by molar-refractivity contribution is -0.151. The van der Waals surface area contributed by atoms with Gasteiger partial charge in [-0.1, -0.05) is 25.7 Å². The van der Waals surface area contributed by atoms with Crippen LogP contribution in [-0.4, -0.2) is 42.3 Å². The maximum Gasteiger partial charge on any atom is 0.246 e. The van der Waals surface area contributed by atoms with Crippen molar-refractivity contribution in [2.75, 3.05) is 19.6 Å². The first kappa shape index (κ1) is 14.0. The molecule has 1 saturated heterocycles. The van der Waals surface area contributed by atoms with Crippen molar-refractivity contribution in [1.82, 2.24) is 10.2 Å². The molecule has 106 valence electrons. The molecule has 0 aromatic carbocycles. The summed E-state index contributed by atoms with van der Waals surface area (Å²) < 4.78 is 0. The van der Waals surface area contributed by atoms with E-state index < -0.39 is 17.2 Å². The molecule has 1 aliphatic heterocycles. The number of hydrogen-bond acceptors (Lipinski definition) is 4. The average molecular weight is 267 g/mol. The highest BCUT2D eigenvalue weighted by molar-refractivity contribution is 6.03. The third-order valence-electron chi connectivity index (χ3n) is 4.14. The van der Waals surface area contributed by atoms with Gasteiger partial charge in [0.1, 0.15) is 13.1 Å². The van der Waals surface area contributed by atoms with Crippen molar-refractivity contribution in [3.8, 4) is 0 Å². The van der Waals surface area contributed by atoms with Crippen molar-refractivity contribution in [3.05, 3.63) is 0 Å². The van der Waals surface area contributed by atoms with Gasteiger partial charge in [0.15, 0.2) is 0 Å². The van der Waals surface area contributed by atoms with Gasteiger partial charge in [0.2, 0.25) is 17.7 Å². The maximum atomic E-state index is 12.7. The van der Waals surface area contributed by atoms with E-state index in [4.69, 9.17) is 5.73 Å². The van der Waals surface area contributed by atoms with Crippen LogP contribution in [-0.2, 0) is 14.4 Å². The van der Waals surface area contributed by atoms with Crippen LogP contribution < -0.4 is 11.1 Å². The first-order valence-corrected chi connectivity index (χ1v) is 6.89.